The van der Waals surface area contributed by atoms with Gasteiger partial charge in [-0.3, -0.25) is 0 Å². The van der Waals surface area contributed by atoms with E-state index in [-0.39, 0.29) is 6.09 Å². The van der Waals surface area contributed by atoms with Crippen LogP contribution in [0.2, 0.25) is 0 Å². The number of benzene rings is 1. The van der Waals surface area contributed by atoms with E-state index in [4.69, 9.17) is 4.74 Å². The second-order valence-electron chi connectivity index (χ2n) is 6.55. The molecule has 1 N–H and O–H groups in total. The van der Waals surface area contributed by atoms with Crippen molar-refractivity contribution in [2.45, 2.75) is 39.3 Å². The summed E-state index contributed by atoms with van der Waals surface area (Å²) in [6.45, 7) is 6.95. The van der Waals surface area contributed by atoms with Gasteiger partial charge in [-0.05, 0) is 83.4 Å². The van der Waals surface area contributed by atoms with Gasteiger partial charge in [-0.2, -0.15) is 0 Å². The fraction of sp³-hybridized carbons (Fsp3) is 0.438. The molecule has 2 aromatic rings. The topological polar surface area (TPSA) is 45.3 Å². The molecule has 118 valence electrons. The highest BCUT2D eigenvalue weighted by atomic mass is 127. The summed E-state index contributed by atoms with van der Waals surface area (Å²) < 4.78 is 7.75. The number of hydrogen-bond donors (Lipinski definition) is 1. The van der Waals surface area contributed by atoms with E-state index in [9.17, 15) is 4.79 Å². The standard InChI is InChI=1S/C16H18BrIN2O2/c1-16(2,3)22-15(21)20-5-4-9-10-6-12(18)11(17)7-13(10)19-14(9)8-20/h6-7,19H,4-5,8H2,1-3H3. The Bertz CT molecular complexity index is 749. The highest BCUT2D eigenvalue weighted by Gasteiger charge is 2.27. The van der Waals surface area contributed by atoms with Gasteiger partial charge in [-0.15, -0.1) is 0 Å². The molecule has 1 aliphatic rings. The van der Waals surface area contributed by atoms with Crippen LogP contribution in [0.1, 0.15) is 32.0 Å². The summed E-state index contributed by atoms with van der Waals surface area (Å²) in [5.41, 5.74) is 3.09. The minimum absolute atomic E-state index is 0.243. The van der Waals surface area contributed by atoms with Crippen molar-refractivity contribution >= 4 is 55.5 Å². The van der Waals surface area contributed by atoms with Crippen molar-refractivity contribution in [2.75, 3.05) is 6.54 Å². The minimum atomic E-state index is -0.460. The normalized spacial score (nSPS) is 15.0. The molecule has 1 amide bonds. The van der Waals surface area contributed by atoms with Crippen molar-refractivity contribution < 1.29 is 9.53 Å². The maximum Gasteiger partial charge on any atom is 0.410 e. The van der Waals surface area contributed by atoms with Crippen molar-refractivity contribution in [1.82, 2.24) is 9.88 Å². The number of hydrogen-bond acceptors (Lipinski definition) is 2. The van der Waals surface area contributed by atoms with E-state index < -0.39 is 5.60 Å². The van der Waals surface area contributed by atoms with Gasteiger partial charge in [0.05, 0.1) is 6.54 Å². The van der Waals surface area contributed by atoms with E-state index in [0.717, 1.165) is 22.1 Å². The highest BCUT2D eigenvalue weighted by Crippen LogP contribution is 2.32. The summed E-state index contributed by atoms with van der Waals surface area (Å²) >= 11 is 5.89. The quantitative estimate of drug-likeness (QED) is 0.553. The maximum absolute atomic E-state index is 12.2. The lowest BCUT2D eigenvalue weighted by molar-refractivity contribution is 0.0222. The van der Waals surface area contributed by atoms with E-state index in [1.165, 1.54) is 14.5 Å². The van der Waals surface area contributed by atoms with E-state index in [0.29, 0.717) is 13.1 Å². The van der Waals surface area contributed by atoms with Crippen molar-refractivity contribution in [3.63, 3.8) is 0 Å². The molecule has 1 aromatic heterocycles. The minimum Gasteiger partial charge on any atom is -0.444 e. The monoisotopic (exact) mass is 476 g/mol. The highest BCUT2D eigenvalue weighted by molar-refractivity contribution is 14.1. The first-order valence-electron chi connectivity index (χ1n) is 7.21. The zero-order valence-corrected chi connectivity index (χ0v) is 16.5. The average Bonchev–Trinajstić information content (AvgIpc) is 2.74. The van der Waals surface area contributed by atoms with Crippen LogP contribution >= 0.6 is 38.5 Å². The van der Waals surface area contributed by atoms with Gasteiger partial charge in [-0.25, -0.2) is 4.79 Å². The van der Waals surface area contributed by atoms with Crippen LogP contribution in [-0.2, 0) is 17.7 Å². The Balaban J connectivity index is 1.89. The molecule has 0 aliphatic carbocycles. The number of fused-ring (bicyclic) bond motifs is 3. The number of nitrogens with one attached hydrogen (secondary N) is 1. The molecule has 22 heavy (non-hydrogen) atoms. The number of aromatic amines is 1. The Labute approximate surface area is 151 Å². The van der Waals surface area contributed by atoms with E-state index in [1.54, 1.807) is 4.90 Å². The number of nitrogens with zero attached hydrogens (tertiary/aromatic N) is 1. The molecule has 2 heterocycles. The number of rotatable bonds is 0. The zero-order valence-electron chi connectivity index (χ0n) is 12.8. The van der Waals surface area contributed by atoms with Crippen molar-refractivity contribution in [2.24, 2.45) is 0 Å². The Morgan fingerprint density at radius 1 is 1.41 bits per heavy atom. The Hall–Kier alpha value is -0.760. The maximum atomic E-state index is 12.2. The summed E-state index contributed by atoms with van der Waals surface area (Å²) in [5, 5.41) is 1.26. The van der Waals surface area contributed by atoms with Crippen LogP contribution in [0.15, 0.2) is 16.6 Å². The molecule has 4 nitrogen and oxygen atoms in total. The predicted molar refractivity (Wildman–Crippen MR) is 99.1 cm³/mol. The van der Waals surface area contributed by atoms with Crippen LogP contribution in [0.5, 0.6) is 0 Å². The molecular weight excluding hydrogens is 459 g/mol. The summed E-state index contributed by atoms with van der Waals surface area (Å²) in [6, 6.07) is 4.30. The number of amides is 1. The van der Waals surface area contributed by atoms with Crippen LogP contribution in [0.4, 0.5) is 4.79 Å². The third kappa shape index (κ3) is 3.13. The molecule has 0 bridgehead atoms. The second kappa shape index (κ2) is 5.70. The fourth-order valence-corrected chi connectivity index (χ4v) is 3.53. The molecule has 0 saturated carbocycles. The third-order valence-electron chi connectivity index (χ3n) is 3.67. The van der Waals surface area contributed by atoms with Gasteiger partial charge >= 0.3 is 6.09 Å². The zero-order chi connectivity index (χ0) is 16.1. The Morgan fingerprint density at radius 2 is 2.14 bits per heavy atom. The Morgan fingerprint density at radius 3 is 2.82 bits per heavy atom. The van der Waals surface area contributed by atoms with Crippen molar-refractivity contribution in [3.05, 3.63) is 31.4 Å². The lowest BCUT2D eigenvalue weighted by Gasteiger charge is -2.30. The summed E-state index contributed by atoms with van der Waals surface area (Å²) in [5.74, 6) is 0. The van der Waals surface area contributed by atoms with Crippen LogP contribution in [-0.4, -0.2) is 28.1 Å². The lowest BCUT2D eigenvalue weighted by Crippen LogP contribution is -2.39. The molecule has 6 heteroatoms. The summed E-state index contributed by atoms with van der Waals surface area (Å²) in [4.78, 5) is 17.4. The van der Waals surface area contributed by atoms with E-state index in [2.05, 4.69) is 55.6 Å². The van der Waals surface area contributed by atoms with Crippen molar-refractivity contribution in [3.8, 4) is 0 Å². The van der Waals surface area contributed by atoms with Crippen LogP contribution < -0.4 is 0 Å². The SMILES string of the molecule is CC(C)(C)OC(=O)N1CCc2c([nH]c3cc(Br)c(I)cc23)C1. The first-order valence-corrected chi connectivity index (χ1v) is 9.08. The van der Waals surface area contributed by atoms with Gasteiger partial charge < -0.3 is 14.6 Å². The number of carbonyl (C=O) groups excluding carboxylic acids is 1. The van der Waals surface area contributed by atoms with E-state index >= 15 is 0 Å². The lowest BCUT2D eigenvalue weighted by atomic mass is 10.0. The number of aromatic nitrogens is 1. The van der Waals surface area contributed by atoms with Gasteiger partial charge in [0.1, 0.15) is 5.60 Å². The second-order valence-corrected chi connectivity index (χ2v) is 8.56. The average molecular weight is 477 g/mol. The number of carbonyl (C=O) groups is 1. The van der Waals surface area contributed by atoms with Crippen LogP contribution in [0.3, 0.4) is 0 Å². The van der Waals surface area contributed by atoms with Gasteiger partial charge in [0.15, 0.2) is 0 Å². The van der Waals surface area contributed by atoms with Crippen LogP contribution in [0.25, 0.3) is 10.9 Å². The Kier molecular flexibility index (Phi) is 4.18. The molecule has 1 aromatic carbocycles. The molecule has 0 fully saturated rings. The molecule has 0 saturated heterocycles. The number of H-pyrrole nitrogens is 1. The summed E-state index contributed by atoms with van der Waals surface area (Å²) in [7, 11) is 0. The smallest absolute Gasteiger partial charge is 0.410 e. The molecule has 0 radical (unpaired) electrons. The van der Waals surface area contributed by atoms with Gasteiger partial charge in [-0.1, -0.05) is 0 Å². The third-order valence-corrected chi connectivity index (χ3v) is 5.96. The number of ether oxygens (including phenoxy) is 1. The molecule has 3 rings (SSSR count). The molecular formula is C16H18BrIN2O2. The van der Waals surface area contributed by atoms with Gasteiger partial charge in [0, 0.05) is 31.2 Å². The van der Waals surface area contributed by atoms with Crippen LogP contribution in [0, 0.1) is 3.57 Å². The van der Waals surface area contributed by atoms with Gasteiger partial charge in [0.25, 0.3) is 0 Å². The van der Waals surface area contributed by atoms with E-state index in [1.807, 2.05) is 20.8 Å². The first kappa shape index (κ1) is 16.1. The molecule has 0 unspecified atom stereocenters. The number of halogens is 2. The molecule has 1 aliphatic heterocycles. The van der Waals surface area contributed by atoms with Gasteiger partial charge in [0.2, 0.25) is 0 Å². The predicted octanol–water partition coefficient (Wildman–Crippen LogP) is 4.83. The summed E-state index contributed by atoms with van der Waals surface area (Å²) in [6.07, 6.45) is 0.610. The first-order chi connectivity index (χ1) is 10.2. The molecule has 0 spiro atoms. The fourth-order valence-electron chi connectivity index (χ4n) is 2.72. The van der Waals surface area contributed by atoms with Crippen molar-refractivity contribution in [1.29, 1.82) is 0 Å². The molecule has 0 atom stereocenters. The largest absolute Gasteiger partial charge is 0.444 e.